The van der Waals surface area contributed by atoms with Gasteiger partial charge in [0.25, 0.3) is 0 Å². The van der Waals surface area contributed by atoms with Gasteiger partial charge < -0.3 is 9.47 Å². The number of methoxy groups -OCH3 is 1. The maximum Gasteiger partial charge on any atom is 0.327 e. The summed E-state index contributed by atoms with van der Waals surface area (Å²) < 4.78 is 11.6. The van der Waals surface area contributed by atoms with E-state index in [4.69, 9.17) is 4.74 Å². The van der Waals surface area contributed by atoms with Gasteiger partial charge in [0.15, 0.2) is 5.82 Å². The number of tetrazole rings is 1. The van der Waals surface area contributed by atoms with Crippen LogP contribution in [0.25, 0.3) is 11.4 Å². The highest BCUT2D eigenvalue weighted by Crippen LogP contribution is 2.20. The highest BCUT2D eigenvalue weighted by Gasteiger charge is 2.12. The molecule has 21 heavy (non-hydrogen) atoms. The molecule has 0 spiro atoms. The van der Waals surface area contributed by atoms with Crippen LogP contribution < -0.4 is 4.74 Å². The molecular formula is C14H18N4O3. The number of esters is 1. The molecule has 1 heterocycles. The van der Waals surface area contributed by atoms with Crippen LogP contribution in [0.15, 0.2) is 24.3 Å². The molecule has 7 heteroatoms. The molecular weight excluding hydrogens is 272 g/mol. The molecule has 2 rings (SSSR count). The molecule has 0 radical (unpaired) electrons. The smallest absolute Gasteiger partial charge is 0.327 e. The third-order valence-electron chi connectivity index (χ3n) is 2.92. The number of nitrogens with zero attached hydrogens (tertiary/aromatic N) is 4. The fourth-order valence-corrected chi connectivity index (χ4v) is 1.74. The standard InChI is InChI=1S/C14H18N4O3/c1-3-4-9-21-12-7-5-11(6-8-12)14-15-16-17-18(14)10-13(19)20-2/h5-8H,3-4,9-10H2,1-2H3. The first-order chi connectivity index (χ1) is 10.2. The first-order valence-corrected chi connectivity index (χ1v) is 6.80. The molecule has 0 atom stereocenters. The van der Waals surface area contributed by atoms with Crippen molar-refractivity contribution in [3.8, 4) is 17.1 Å². The molecule has 7 nitrogen and oxygen atoms in total. The van der Waals surface area contributed by atoms with Gasteiger partial charge in [0.2, 0.25) is 0 Å². The Kier molecular flexibility index (Phi) is 5.25. The Balaban J connectivity index is 2.08. The van der Waals surface area contributed by atoms with E-state index in [0.717, 1.165) is 24.2 Å². The van der Waals surface area contributed by atoms with Crippen molar-refractivity contribution in [1.82, 2.24) is 20.2 Å². The number of carbonyl (C=O) groups excluding carboxylic acids is 1. The lowest BCUT2D eigenvalue weighted by Gasteiger charge is -2.06. The lowest BCUT2D eigenvalue weighted by molar-refractivity contribution is -0.141. The molecule has 0 aliphatic carbocycles. The number of ether oxygens (including phenoxy) is 2. The van der Waals surface area contributed by atoms with Gasteiger partial charge in [-0.05, 0) is 41.1 Å². The summed E-state index contributed by atoms with van der Waals surface area (Å²) in [5, 5.41) is 11.3. The summed E-state index contributed by atoms with van der Waals surface area (Å²) in [6.45, 7) is 2.80. The van der Waals surface area contributed by atoms with Crippen molar-refractivity contribution in [2.24, 2.45) is 0 Å². The lowest BCUT2D eigenvalue weighted by Crippen LogP contribution is -2.14. The van der Waals surface area contributed by atoms with E-state index in [2.05, 4.69) is 27.2 Å². The normalized spacial score (nSPS) is 10.4. The van der Waals surface area contributed by atoms with Crippen LogP contribution in [0.2, 0.25) is 0 Å². The van der Waals surface area contributed by atoms with Crippen LogP contribution in [-0.2, 0) is 16.1 Å². The number of hydrogen-bond donors (Lipinski definition) is 0. The average molecular weight is 290 g/mol. The number of carbonyl (C=O) groups is 1. The largest absolute Gasteiger partial charge is 0.494 e. The van der Waals surface area contributed by atoms with Crippen molar-refractivity contribution in [3.63, 3.8) is 0 Å². The molecule has 1 aromatic heterocycles. The Bertz CT molecular complexity index is 580. The van der Waals surface area contributed by atoms with Gasteiger partial charge in [-0.3, -0.25) is 4.79 Å². The van der Waals surface area contributed by atoms with Gasteiger partial charge in [-0.2, -0.15) is 0 Å². The minimum Gasteiger partial charge on any atom is -0.494 e. The summed E-state index contributed by atoms with van der Waals surface area (Å²) in [7, 11) is 1.33. The molecule has 0 N–H and O–H groups in total. The number of hydrogen-bond acceptors (Lipinski definition) is 6. The van der Waals surface area contributed by atoms with Crippen LogP contribution in [0.1, 0.15) is 19.8 Å². The van der Waals surface area contributed by atoms with Gasteiger partial charge in [0.05, 0.1) is 13.7 Å². The molecule has 0 bridgehead atoms. The zero-order chi connectivity index (χ0) is 15.1. The topological polar surface area (TPSA) is 79.1 Å². The number of aromatic nitrogens is 4. The van der Waals surface area contributed by atoms with E-state index in [1.807, 2.05) is 24.3 Å². The van der Waals surface area contributed by atoms with E-state index in [-0.39, 0.29) is 6.54 Å². The van der Waals surface area contributed by atoms with Crippen LogP contribution in [0.5, 0.6) is 5.75 Å². The molecule has 112 valence electrons. The first-order valence-electron chi connectivity index (χ1n) is 6.80. The number of benzene rings is 1. The molecule has 1 aromatic carbocycles. The summed E-state index contributed by atoms with van der Waals surface area (Å²) in [5.41, 5.74) is 0.812. The fourth-order valence-electron chi connectivity index (χ4n) is 1.74. The predicted molar refractivity (Wildman–Crippen MR) is 75.7 cm³/mol. The molecule has 0 amide bonds. The predicted octanol–water partition coefficient (Wildman–Crippen LogP) is 1.69. The van der Waals surface area contributed by atoms with Crippen LogP contribution in [0.3, 0.4) is 0 Å². The molecule has 2 aromatic rings. The molecule has 0 fully saturated rings. The quantitative estimate of drug-likeness (QED) is 0.570. The number of rotatable bonds is 7. The van der Waals surface area contributed by atoms with Crippen LogP contribution in [-0.4, -0.2) is 39.9 Å². The van der Waals surface area contributed by atoms with Crippen molar-refractivity contribution in [2.75, 3.05) is 13.7 Å². The van der Waals surface area contributed by atoms with Gasteiger partial charge in [0.1, 0.15) is 12.3 Å². The van der Waals surface area contributed by atoms with Crippen LogP contribution >= 0.6 is 0 Å². The Morgan fingerprint density at radius 2 is 2.05 bits per heavy atom. The maximum absolute atomic E-state index is 11.3. The second-order valence-corrected chi connectivity index (χ2v) is 4.46. The molecule has 0 unspecified atom stereocenters. The summed E-state index contributed by atoms with van der Waals surface area (Å²) in [4.78, 5) is 11.3. The number of unbranched alkanes of at least 4 members (excludes halogenated alkanes) is 1. The van der Waals surface area contributed by atoms with Gasteiger partial charge in [-0.1, -0.05) is 13.3 Å². The van der Waals surface area contributed by atoms with E-state index in [0.29, 0.717) is 12.4 Å². The van der Waals surface area contributed by atoms with E-state index in [1.165, 1.54) is 11.8 Å². The zero-order valence-corrected chi connectivity index (χ0v) is 12.2. The van der Waals surface area contributed by atoms with Crippen molar-refractivity contribution >= 4 is 5.97 Å². The summed E-state index contributed by atoms with van der Waals surface area (Å²) in [5.74, 6) is 0.919. The molecule has 0 aliphatic heterocycles. The minimum absolute atomic E-state index is 0.0203. The maximum atomic E-state index is 11.3. The second kappa shape index (κ2) is 7.37. The zero-order valence-electron chi connectivity index (χ0n) is 12.2. The van der Waals surface area contributed by atoms with Crippen LogP contribution in [0, 0.1) is 0 Å². The highest BCUT2D eigenvalue weighted by molar-refractivity contribution is 5.70. The van der Waals surface area contributed by atoms with Gasteiger partial charge in [-0.15, -0.1) is 5.10 Å². The Labute approximate surface area is 122 Å². The van der Waals surface area contributed by atoms with Crippen molar-refractivity contribution < 1.29 is 14.3 Å². The third kappa shape index (κ3) is 4.01. The van der Waals surface area contributed by atoms with Crippen molar-refractivity contribution in [1.29, 1.82) is 0 Å². The summed E-state index contributed by atoms with van der Waals surface area (Å²) >= 11 is 0. The van der Waals surface area contributed by atoms with Crippen molar-refractivity contribution in [2.45, 2.75) is 26.3 Å². The fraction of sp³-hybridized carbons (Fsp3) is 0.429. The van der Waals surface area contributed by atoms with E-state index in [9.17, 15) is 4.79 Å². The SMILES string of the molecule is CCCCOc1ccc(-c2nnnn2CC(=O)OC)cc1. The molecule has 0 saturated carbocycles. The van der Waals surface area contributed by atoms with Gasteiger partial charge in [-0.25, -0.2) is 4.68 Å². The second-order valence-electron chi connectivity index (χ2n) is 4.46. The third-order valence-corrected chi connectivity index (χ3v) is 2.92. The van der Waals surface area contributed by atoms with Crippen molar-refractivity contribution in [3.05, 3.63) is 24.3 Å². The Morgan fingerprint density at radius 3 is 2.71 bits per heavy atom. The minimum atomic E-state index is -0.400. The van der Waals surface area contributed by atoms with Crippen LogP contribution in [0.4, 0.5) is 0 Å². The Morgan fingerprint density at radius 1 is 1.29 bits per heavy atom. The van der Waals surface area contributed by atoms with E-state index >= 15 is 0 Å². The lowest BCUT2D eigenvalue weighted by atomic mass is 10.2. The van der Waals surface area contributed by atoms with Gasteiger partial charge in [0, 0.05) is 5.56 Å². The average Bonchev–Trinajstić information content (AvgIpc) is 2.96. The monoisotopic (exact) mass is 290 g/mol. The highest BCUT2D eigenvalue weighted by atomic mass is 16.5. The Hall–Kier alpha value is -2.44. The molecule has 0 saturated heterocycles. The van der Waals surface area contributed by atoms with E-state index < -0.39 is 5.97 Å². The summed E-state index contributed by atoms with van der Waals surface area (Å²) in [6, 6.07) is 7.45. The molecule has 0 aliphatic rings. The first kappa shape index (κ1) is 15.0. The van der Waals surface area contributed by atoms with Gasteiger partial charge >= 0.3 is 5.97 Å². The summed E-state index contributed by atoms with van der Waals surface area (Å²) in [6.07, 6.45) is 2.12. The van der Waals surface area contributed by atoms with E-state index in [1.54, 1.807) is 0 Å².